The van der Waals surface area contributed by atoms with E-state index < -0.39 is 0 Å². The van der Waals surface area contributed by atoms with Crippen LogP contribution in [0.4, 0.5) is 0 Å². The summed E-state index contributed by atoms with van der Waals surface area (Å²) < 4.78 is 5.67. The zero-order chi connectivity index (χ0) is 15.7. The Morgan fingerprint density at radius 2 is 1.64 bits per heavy atom. The van der Waals surface area contributed by atoms with E-state index in [2.05, 4.69) is 24.0 Å². The number of rotatable bonds is 7. The maximum Gasteiger partial charge on any atom is 0.195 e. The lowest BCUT2D eigenvalue weighted by Gasteiger charge is -2.22. The molecule has 5 heteroatoms. The largest absolute Gasteiger partial charge is 0.494 e. The van der Waals surface area contributed by atoms with Crippen LogP contribution in [-0.4, -0.2) is 57.1 Å². The lowest BCUT2D eigenvalue weighted by atomic mass is 10.1. The number of hydrogen-bond acceptors (Lipinski definition) is 2. The Balaban J connectivity index is 0.00000441. The molecule has 0 saturated heterocycles. The molecule has 0 bridgehead atoms. The van der Waals surface area contributed by atoms with Gasteiger partial charge in [0.25, 0.3) is 0 Å². The topological polar surface area (TPSA) is 28.1 Å². The number of nitrogens with zero attached hydrogens (tertiary/aromatic N) is 3. The first kappa shape index (κ1) is 21.0. The van der Waals surface area contributed by atoms with Gasteiger partial charge < -0.3 is 14.5 Å². The first-order valence-electron chi connectivity index (χ1n) is 7.65. The average Bonchev–Trinajstić information content (AvgIpc) is 2.44. The van der Waals surface area contributed by atoms with Crippen molar-refractivity contribution in [2.75, 3.05) is 41.3 Å². The zero-order valence-corrected chi connectivity index (χ0v) is 16.8. The highest BCUT2D eigenvalue weighted by Gasteiger charge is 2.03. The van der Waals surface area contributed by atoms with Crippen molar-refractivity contribution in [1.29, 1.82) is 0 Å². The first-order chi connectivity index (χ1) is 10.0. The molecular weight excluding hydrogens is 389 g/mol. The second kappa shape index (κ2) is 11.6. The molecule has 0 atom stereocenters. The van der Waals surface area contributed by atoms with E-state index in [1.165, 1.54) is 5.56 Å². The Bertz CT molecular complexity index is 420. The molecule has 0 radical (unpaired) electrons. The van der Waals surface area contributed by atoms with Crippen LogP contribution in [0.25, 0.3) is 0 Å². The molecule has 1 rings (SSSR count). The standard InChI is InChI=1S/C17H29N3O.HI/c1-6-7-14-21-16-10-8-15(9-11-16)12-13-18-17(19(2)3)20(4)5;/h8-11H,6-7,12-14H2,1-5H3;1H. The molecule has 1 aromatic carbocycles. The second-order valence-electron chi connectivity index (χ2n) is 5.57. The van der Waals surface area contributed by atoms with Gasteiger partial charge in [0.15, 0.2) is 5.96 Å². The molecular formula is C17H30IN3O. The van der Waals surface area contributed by atoms with Crippen LogP contribution in [0, 0.1) is 0 Å². The SMILES string of the molecule is CCCCOc1ccc(CCN=C(N(C)C)N(C)C)cc1.I. The lowest BCUT2D eigenvalue weighted by Crippen LogP contribution is -2.35. The van der Waals surface area contributed by atoms with Crippen LogP contribution in [-0.2, 0) is 6.42 Å². The monoisotopic (exact) mass is 419 g/mol. The van der Waals surface area contributed by atoms with Gasteiger partial charge in [-0.3, -0.25) is 4.99 Å². The highest BCUT2D eigenvalue weighted by Crippen LogP contribution is 2.13. The number of benzene rings is 1. The molecule has 0 aliphatic heterocycles. The van der Waals surface area contributed by atoms with E-state index >= 15 is 0 Å². The summed E-state index contributed by atoms with van der Waals surface area (Å²) in [6, 6.07) is 8.35. The summed E-state index contributed by atoms with van der Waals surface area (Å²) in [5.74, 6) is 1.95. The third-order valence-electron chi connectivity index (χ3n) is 3.14. The normalized spacial score (nSPS) is 9.68. The minimum atomic E-state index is 0. The quantitative estimate of drug-likeness (QED) is 0.293. The van der Waals surface area contributed by atoms with Crippen molar-refractivity contribution in [2.45, 2.75) is 26.2 Å². The van der Waals surface area contributed by atoms with Gasteiger partial charge in [-0.25, -0.2) is 0 Å². The van der Waals surface area contributed by atoms with Crippen molar-refractivity contribution in [2.24, 2.45) is 4.99 Å². The van der Waals surface area contributed by atoms with Gasteiger partial charge in [-0.1, -0.05) is 25.5 Å². The molecule has 0 heterocycles. The highest BCUT2D eigenvalue weighted by molar-refractivity contribution is 14.0. The number of unbranched alkanes of at least 4 members (excludes halogenated alkanes) is 1. The summed E-state index contributed by atoms with van der Waals surface area (Å²) >= 11 is 0. The number of aliphatic imine (C=N–C) groups is 1. The van der Waals surface area contributed by atoms with E-state index in [1.54, 1.807) is 0 Å². The van der Waals surface area contributed by atoms with E-state index in [9.17, 15) is 0 Å². The number of hydrogen-bond donors (Lipinski definition) is 0. The van der Waals surface area contributed by atoms with Crippen LogP contribution >= 0.6 is 24.0 Å². The predicted octanol–water partition coefficient (Wildman–Crippen LogP) is 3.51. The summed E-state index contributed by atoms with van der Waals surface area (Å²) in [5.41, 5.74) is 1.29. The van der Waals surface area contributed by atoms with Crippen molar-refractivity contribution >= 4 is 29.9 Å². The number of guanidine groups is 1. The molecule has 0 unspecified atom stereocenters. The van der Waals surface area contributed by atoms with E-state index in [0.717, 1.165) is 44.1 Å². The van der Waals surface area contributed by atoms with Crippen LogP contribution < -0.4 is 4.74 Å². The van der Waals surface area contributed by atoms with Gasteiger partial charge >= 0.3 is 0 Å². The van der Waals surface area contributed by atoms with Crippen molar-refractivity contribution in [3.8, 4) is 5.75 Å². The van der Waals surface area contributed by atoms with Crippen LogP contribution in [0.15, 0.2) is 29.3 Å². The predicted molar refractivity (Wildman–Crippen MR) is 106 cm³/mol. The molecule has 0 aliphatic rings. The van der Waals surface area contributed by atoms with Crippen LogP contribution in [0.3, 0.4) is 0 Å². The molecule has 0 N–H and O–H groups in total. The maximum atomic E-state index is 5.67. The molecule has 0 aromatic heterocycles. The lowest BCUT2D eigenvalue weighted by molar-refractivity contribution is 0.309. The summed E-state index contributed by atoms with van der Waals surface area (Å²) in [7, 11) is 8.06. The van der Waals surface area contributed by atoms with Crippen LogP contribution in [0.1, 0.15) is 25.3 Å². The second-order valence-corrected chi connectivity index (χ2v) is 5.57. The van der Waals surface area contributed by atoms with Gasteiger partial charge in [0.1, 0.15) is 5.75 Å². The Morgan fingerprint density at radius 3 is 2.14 bits per heavy atom. The zero-order valence-electron chi connectivity index (χ0n) is 14.5. The van der Waals surface area contributed by atoms with E-state index in [0.29, 0.717) is 0 Å². The van der Waals surface area contributed by atoms with Crippen molar-refractivity contribution < 1.29 is 4.74 Å². The fraction of sp³-hybridized carbons (Fsp3) is 0.588. The number of ether oxygens (including phenoxy) is 1. The fourth-order valence-electron chi connectivity index (χ4n) is 2.05. The molecule has 1 aromatic rings. The number of halogens is 1. The van der Waals surface area contributed by atoms with Crippen LogP contribution in [0.2, 0.25) is 0 Å². The molecule has 0 aliphatic carbocycles. The van der Waals surface area contributed by atoms with Gasteiger partial charge in [0.05, 0.1) is 6.61 Å². The highest BCUT2D eigenvalue weighted by atomic mass is 127. The first-order valence-corrected chi connectivity index (χ1v) is 7.65. The Morgan fingerprint density at radius 1 is 1.05 bits per heavy atom. The third kappa shape index (κ3) is 7.87. The fourth-order valence-corrected chi connectivity index (χ4v) is 2.05. The minimum absolute atomic E-state index is 0. The third-order valence-corrected chi connectivity index (χ3v) is 3.14. The Hall–Kier alpha value is -0.980. The molecule has 0 spiro atoms. The van der Waals surface area contributed by atoms with E-state index in [-0.39, 0.29) is 24.0 Å². The Labute approximate surface area is 152 Å². The van der Waals surface area contributed by atoms with Crippen molar-refractivity contribution in [1.82, 2.24) is 9.80 Å². The molecule has 0 amide bonds. The van der Waals surface area contributed by atoms with E-state index in [1.807, 2.05) is 50.1 Å². The van der Waals surface area contributed by atoms with Crippen LogP contribution in [0.5, 0.6) is 5.75 Å². The van der Waals surface area contributed by atoms with Gasteiger partial charge in [0, 0.05) is 34.7 Å². The minimum Gasteiger partial charge on any atom is -0.494 e. The molecule has 0 fully saturated rings. The molecule has 22 heavy (non-hydrogen) atoms. The summed E-state index contributed by atoms with van der Waals surface area (Å²) in [6.45, 7) is 3.76. The van der Waals surface area contributed by atoms with Crippen molar-refractivity contribution in [3.05, 3.63) is 29.8 Å². The van der Waals surface area contributed by atoms with E-state index in [4.69, 9.17) is 4.74 Å². The maximum absolute atomic E-state index is 5.67. The van der Waals surface area contributed by atoms with Gasteiger partial charge in [-0.15, -0.1) is 24.0 Å². The van der Waals surface area contributed by atoms with Gasteiger partial charge in [-0.05, 0) is 30.5 Å². The molecule has 0 saturated carbocycles. The summed E-state index contributed by atoms with van der Waals surface area (Å²) in [5, 5.41) is 0. The van der Waals surface area contributed by atoms with Gasteiger partial charge in [-0.2, -0.15) is 0 Å². The average molecular weight is 419 g/mol. The smallest absolute Gasteiger partial charge is 0.195 e. The molecule has 126 valence electrons. The van der Waals surface area contributed by atoms with Gasteiger partial charge in [0.2, 0.25) is 0 Å². The molecule has 4 nitrogen and oxygen atoms in total. The Kier molecular flexibility index (Phi) is 11.1. The summed E-state index contributed by atoms with van der Waals surface area (Å²) in [4.78, 5) is 8.70. The summed E-state index contributed by atoms with van der Waals surface area (Å²) in [6.07, 6.45) is 3.21. The van der Waals surface area contributed by atoms with Crippen molar-refractivity contribution in [3.63, 3.8) is 0 Å².